The molecule has 12 atom stereocenters. The van der Waals surface area contributed by atoms with Crippen LogP contribution < -0.4 is 0 Å². The number of carbonyl (C=O) groups is 3. The molecule has 222 valence electrons. The van der Waals surface area contributed by atoms with Crippen LogP contribution in [0.2, 0.25) is 0 Å². The van der Waals surface area contributed by atoms with E-state index in [4.69, 9.17) is 5.11 Å². The molecule has 0 aromatic carbocycles. The number of methoxy groups -OCH3 is 2. The van der Waals surface area contributed by atoms with Gasteiger partial charge in [0.15, 0.2) is 0 Å². The third kappa shape index (κ3) is 5.97. The van der Waals surface area contributed by atoms with Gasteiger partial charge in [-0.15, -0.1) is 0 Å². The minimum atomic E-state index is -1.17. The Kier molecular flexibility index (Phi) is 10.00. The lowest BCUT2D eigenvalue weighted by Gasteiger charge is -2.40. The standard InChI is InChI=1S/C15H20.C10H14.C5H6O4.C3H6O2.CH4/c1-2-10-11(3-1)13-7-12(10)14-8-4-5-9(6-8)15(13)14;1-2-9-7-4-5-8(6-7)10(9)3-1;1-9-5(8)3-2-4(6)7;1-3(4)5-2;/h1-2,8-15H,3-7H2;1-2,7-10H,3-6H2;2-3H,1H3,(H,6,7);1-2H3;1H4. The van der Waals surface area contributed by atoms with Crippen LogP contribution in [0, 0.1) is 71.0 Å². The fraction of sp³-hybridized carbons (Fsp3) is 0.735. The summed E-state index contributed by atoms with van der Waals surface area (Å²) < 4.78 is 8.22. The molecule has 0 radical (unpaired) electrons. The topological polar surface area (TPSA) is 89.9 Å². The van der Waals surface area contributed by atoms with E-state index in [1.165, 1.54) is 64.1 Å². The lowest BCUT2D eigenvalue weighted by molar-refractivity contribution is -0.138. The normalized spacial score (nSPS) is 42.4. The molecule has 0 amide bonds. The molecule has 0 heterocycles. The van der Waals surface area contributed by atoms with E-state index in [1.807, 2.05) is 0 Å². The maximum atomic E-state index is 10.1. The average molecular weight is 555 g/mol. The van der Waals surface area contributed by atoms with Gasteiger partial charge in [0.1, 0.15) is 0 Å². The van der Waals surface area contributed by atoms with Crippen molar-refractivity contribution in [3.8, 4) is 0 Å². The van der Waals surface area contributed by atoms with E-state index in [-0.39, 0.29) is 13.4 Å². The maximum Gasteiger partial charge on any atom is 0.330 e. The molecule has 6 heteroatoms. The quantitative estimate of drug-likeness (QED) is 0.176. The predicted octanol–water partition coefficient (Wildman–Crippen LogP) is 6.71. The largest absolute Gasteiger partial charge is 0.478 e. The Labute approximate surface area is 240 Å². The molecule has 0 aromatic rings. The summed E-state index contributed by atoms with van der Waals surface area (Å²) >= 11 is 0. The highest BCUT2D eigenvalue weighted by atomic mass is 16.5. The first kappa shape index (κ1) is 30.6. The summed E-state index contributed by atoms with van der Waals surface area (Å²) in [6.07, 6.45) is 25.5. The van der Waals surface area contributed by atoms with Crippen LogP contribution in [-0.2, 0) is 23.9 Å². The van der Waals surface area contributed by atoms with E-state index in [9.17, 15) is 14.4 Å². The molecule has 6 fully saturated rings. The molecule has 6 bridgehead atoms. The monoisotopic (exact) mass is 554 g/mol. The highest BCUT2D eigenvalue weighted by Crippen LogP contribution is 2.71. The fourth-order valence-corrected chi connectivity index (χ4v) is 10.5. The molecule has 40 heavy (non-hydrogen) atoms. The molecule has 0 saturated heterocycles. The SMILES string of the molecule is C.C1=CC2C(C1)C1CC2C2C3CCC(C3)C12.C1=CC2C3CCC(C3)C2C1.COC(=O)C=CC(=O)O.COC(C)=O. The molecular weight excluding hydrogens is 504 g/mol. The van der Waals surface area contributed by atoms with Crippen LogP contribution in [0.5, 0.6) is 0 Å². The summed E-state index contributed by atoms with van der Waals surface area (Å²) in [6.45, 7) is 1.36. The van der Waals surface area contributed by atoms with Gasteiger partial charge in [0, 0.05) is 19.1 Å². The van der Waals surface area contributed by atoms with Gasteiger partial charge < -0.3 is 14.6 Å². The summed E-state index contributed by atoms with van der Waals surface area (Å²) in [5.41, 5.74) is 0. The average Bonchev–Trinajstić information content (AvgIpc) is 3.77. The van der Waals surface area contributed by atoms with Crippen molar-refractivity contribution < 1.29 is 29.0 Å². The van der Waals surface area contributed by atoms with Crippen molar-refractivity contribution in [2.75, 3.05) is 14.2 Å². The maximum absolute atomic E-state index is 10.1. The van der Waals surface area contributed by atoms with Crippen molar-refractivity contribution in [3.05, 3.63) is 36.5 Å². The van der Waals surface area contributed by atoms with Crippen LogP contribution in [0.4, 0.5) is 0 Å². The molecular formula is C34H50O6. The molecule has 8 rings (SSSR count). The highest BCUT2D eigenvalue weighted by molar-refractivity contribution is 5.90. The summed E-state index contributed by atoms with van der Waals surface area (Å²) in [7, 11) is 2.52. The van der Waals surface area contributed by atoms with Gasteiger partial charge in [-0.25, -0.2) is 9.59 Å². The van der Waals surface area contributed by atoms with Crippen LogP contribution in [0.3, 0.4) is 0 Å². The number of fused-ring (bicyclic) bond motifs is 17. The number of hydrogen-bond acceptors (Lipinski definition) is 5. The van der Waals surface area contributed by atoms with Crippen molar-refractivity contribution in [3.63, 3.8) is 0 Å². The van der Waals surface area contributed by atoms with Crippen molar-refractivity contribution in [1.82, 2.24) is 0 Å². The van der Waals surface area contributed by atoms with Gasteiger partial charge in [0.2, 0.25) is 0 Å². The van der Waals surface area contributed by atoms with Crippen molar-refractivity contribution in [2.24, 2.45) is 71.0 Å². The molecule has 0 spiro atoms. The second-order valence-corrected chi connectivity index (χ2v) is 13.1. The first-order valence-electron chi connectivity index (χ1n) is 15.2. The van der Waals surface area contributed by atoms with Crippen LogP contribution in [-0.4, -0.2) is 37.2 Å². The second-order valence-electron chi connectivity index (χ2n) is 13.1. The Morgan fingerprint density at radius 1 is 0.700 bits per heavy atom. The zero-order valence-corrected chi connectivity index (χ0v) is 23.7. The molecule has 0 aliphatic heterocycles. The number of carbonyl (C=O) groups excluding carboxylic acids is 2. The van der Waals surface area contributed by atoms with Gasteiger partial charge in [-0.3, -0.25) is 4.79 Å². The van der Waals surface area contributed by atoms with E-state index in [0.717, 1.165) is 53.4 Å². The third-order valence-corrected chi connectivity index (χ3v) is 11.7. The molecule has 1 N–H and O–H groups in total. The predicted molar refractivity (Wildman–Crippen MR) is 155 cm³/mol. The molecule has 8 aliphatic rings. The van der Waals surface area contributed by atoms with Gasteiger partial charge >= 0.3 is 17.9 Å². The highest BCUT2D eigenvalue weighted by Gasteiger charge is 2.65. The number of ether oxygens (including phenoxy) is 2. The number of esters is 2. The zero-order valence-electron chi connectivity index (χ0n) is 23.7. The summed E-state index contributed by atoms with van der Waals surface area (Å²) in [4.78, 5) is 29.5. The number of aliphatic carboxylic acids is 1. The lowest BCUT2D eigenvalue weighted by Crippen LogP contribution is -2.36. The first-order chi connectivity index (χ1) is 18.8. The number of carboxylic acid groups (broad SMARTS) is 1. The number of rotatable bonds is 2. The van der Waals surface area contributed by atoms with Gasteiger partial charge in [-0.1, -0.05) is 31.7 Å². The molecule has 12 unspecified atom stereocenters. The summed E-state index contributed by atoms with van der Waals surface area (Å²) in [5, 5.41) is 7.96. The number of hydrogen-bond donors (Lipinski definition) is 1. The lowest BCUT2D eigenvalue weighted by atomic mass is 9.64. The zero-order chi connectivity index (χ0) is 27.7. The van der Waals surface area contributed by atoms with Crippen LogP contribution in [0.25, 0.3) is 0 Å². The van der Waals surface area contributed by atoms with Crippen molar-refractivity contribution >= 4 is 17.9 Å². The Hall–Kier alpha value is -2.37. The van der Waals surface area contributed by atoms with Crippen LogP contribution in [0.1, 0.15) is 72.1 Å². The molecule has 8 aliphatic carbocycles. The van der Waals surface area contributed by atoms with Gasteiger partial charge in [-0.2, -0.15) is 0 Å². The molecule has 0 aromatic heterocycles. The fourth-order valence-electron chi connectivity index (χ4n) is 10.5. The first-order valence-corrected chi connectivity index (χ1v) is 15.2. The van der Waals surface area contributed by atoms with Gasteiger partial charge in [0.25, 0.3) is 0 Å². The third-order valence-electron chi connectivity index (χ3n) is 11.7. The Balaban J connectivity index is 0.000000132. The summed E-state index contributed by atoms with van der Waals surface area (Å²) in [6, 6.07) is 0. The van der Waals surface area contributed by atoms with E-state index in [2.05, 4.69) is 33.8 Å². The number of allylic oxidation sites excluding steroid dienone is 4. The second kappa shape index (κ2) is 13.1. The van der Waals surface area contributed by atoms with Crippen molar-refractivity contribution in [1.29, 1.82) is 0 Å². The van der Waals surface area contributed by atoms with Crippen molar-refractivity contribution in [2.45, 2.75) is 72.1 Å². The van der Waals surface area contributed by atoms with Crippen LogP contribution in [0.15, 0.2) is 36.5 Å². The van der Waals surface area contributed by atoms with E-state index < -0.39 is 11.9 Å². The Morgan fingerprint density at radius 3 is 1.85 bits per heavy atom. The van der Waals surface area contributed by atoms with E-state index in [0.29, 0.717) is 6.08 Å². The smallest absolute Gasteiger partial charge is 0.330 e. The van der Waals surface area contributed by atoms with E-state index >= 15 is 0 Å². The van der Waals surface area contributed by atoms with Gasteiger partial charge in [-0.05, 0) is 129 Å². The molecule has 6 saturated carbocycles. The summed E-state index contributed by atoms with van der Waals surface area (Å²) in [5.74, 6) is 11.5. The van der Waals surface area contributed by atoms with Crippen LogP contribution >= 0.6 is 0 Å². The van der Waals surface area contributed by atoms with E-state index in [1.54, 1.807) is 38.5 Å². The molecule has 6 nitrogen and oxygen atoms in total. The number of carboxylic acids is 1. The minimum absolute atomic E-state index is 0. The Bertz CT molecular complexity index is 1010. The Morgan fingerprint density at radius 2 is 1.25 bits per heavy atom. The minimum Gasteiger partial charge on any atom is -0.478 e. The van der Waals surface area contributed by atoms with Gasteiger partial charge in [0.05, 0.1) is 14.2 Å².